The molecule has 1 heterocycles. The number of aryl methyl sites for hydroxylation is 2. The van der Waals surface area contributed by atoms with Crippen LogP contribution in [-0.2, 0) is 19.9 Å². The van der Waals surface area contributed by atoms with Crippen LogP contribution in [0, 0.1) is 0 Å². The first-order valence-electron chi connectivity index (χ1n) is 6.57. The molecule has 18 heavy (non-hydrogen) atoms. The van der Waals surface area contributed by atoms with Crippen LogP contribution in [0.5, 0.6) is 0 Å². The van der Waals surface area contributed by atoms with Crippen LogP contribution in [0.15, 0.2) is 42.7 Å². The summed E-state index contributed by atoms with van der Waals surface area (Å²) < 4.78 is 2.08. The van der Waals surface area contributed by atoms with Crippen molar-refractivity contribution in [1.82, 2.24) is 14.9 Å². The van der Waals surface area contributed by atoms with E-state index in [4.69, 9.17) is 0 Å². The van der Waals surface area contributed by atoms with Gasteiger partial charge in [-0.1, -0.05) is 30.3 Å². The molecule has 3 nitrogen and oxygen atoms in total. The average Bonchev–Trinajstić information content (AvgIpc) is 2.81. The highest BCUT2D eigenvalue weighted by Crippen LogP contribution is 2.01. The van der Waals surface area contributed by atoms with E-state index in [1.807, 2.05) is 19.4 Å². The number of rotatable bonds is 7. The third-order valence-electron chi connectivity index (χ3n) is 3.11. The van der Waals surface area contributed by atoms with Crippen molar-refractivity contribution in [2.24, 2.45) is 7.05 Å². The molecular formula is C15H21N3. The number of nitrogens with one attached hydrogen (secondary N) is 1. The van der Waals surface area contributed by atoms with Crippen LogP contribution in [0.3, 0.4) is 0 Å². The van der Waals surface area contributed by atoms with E-state index < -0.39 is 0 Å². The van der Waals surface area contributed by atoms with Crippen molar-refractivity contribution in [3.05, 3.63) is 54.1 Å². The molecular weight excluding hydrogens is 222 g/mol. The summed E-state index contributed by atoms with van der Waals surface area (Å²) in [6, 6.07) is 10.6. The Morgan fingerprint density at radius 2 is 1.94 bits per heavy atom. The second-order valence-electron chi connectivity index (χ2n) is 4.54. The molecule has 2 aromatic rings. The largest absolute Gasteiger partial charge is 0.338 e. The number of imidazole rings is 1. The molecule has 0 fully saturated rings. The summed E-state index contributed by atoms with van der Waals surface area (Å²) in [7, 11) is 2.04. The SMILES string of the molecule is Cn1ccnc1CCNCCCc1ccccc1. The van der Waals surface area contributed by atoms with Crippen LogP contribution in [0.25, 0.3) is 0 Å². The van der Waals surface area contributed by atoms with Crippen molar-refractivity contribution in [1.29, 1.82) is 0 Å². The molecule has 0 unspecified atom stereocenters. The summed E-state index contributed by atoms with van der Waals surface area (Å²) in [5.74, 6) is 1.14. The lowest BCUT2D eigenvalue weighted by Gasteiger charge is -2.05. The Balaban J connectivity index is 1.56. The zero-order chi connectivity index (χ0) is 12.6. The van der Waals surface area contributed by atoms with Crippen LogP contribution in [0.2, 0.25) is 0 Å². The lowest BCUT2D eigenvalue weighted by molar-refractivity contribution is 0.628. The van der Waals surface area contributed by atoms with E-state index in [2.05, 4.69) is 45.2 Å². The minimum atomic E-state index is 0.995. The van der Waals surface area contributed by atoms with Crippen LogP contribution < -0.4 is 5.32 Å². The van der Waals surface area contributed by atoms with Gasteiger partial charge in [0, 0.05) is 32.4 Å². The predicted molar refractivity (Wildman–Crippen MR) is 74.5 cm³/mol. The Labute approximate surface area is 109 Å². The Kier molecular flexibility index (Phi) is 4.97. The first-order valence-corrected chi connectivity index (χ1v) is 6.57. The highest BCUT2D eigenvalue weighted by molar-refractivity contribution is 5.14. The summed E-state index contributed by atoms with van der Waals surface area (Å²) in [5, 5.41) is 3.47. The number of aromatic nitrogens is 2. The smallest absolute Gasteiger partial charge is 0.109 e. The molecule has 1 aromatic heterocycles. The number of hydrogen-bond donors (Lipinski definition) is 1. The van der Waals surface area contributed by atoms with E-state index in [9.17, 15) is 0 Å². The van der Waals surface area contributed by atoms with Crippen molar-refractivity contribution in [3.63, 3.8) is 0 Å². The van der Waals surface area contributed by atoms with Crippen LogP contribution in [0.1, 0.15) is 17.8 Å². The van der Waals surface area contributed by atoms with Gasteiger partial charge in [-0.15, -0.1) is 0 Å². The zero-order valence-corrected chi connectivity index (χ0v) is 11.0. The molecule has 1 aromatic carbocycles. The van der Waals surface area contributed by atoms with Gasteiger partial charge in [-0.05, 0) is 24.9 Å². The summed E-state index contributed by atoms with van der Waals surface area (Å²) in [6.07, 6.45) is 7.17. The molecule has 0 saturated heterocycles. The summed E-state index contributed by atoms with van der Waals surface area (Å²) in [6.45, 7) is 2.07. The number of benzene rings is 1. The van der Waals surface area contributed by atoms with Gasteiger partial charge >= 0.3 is 0 Å². The standard InChI is InChI=1S/C15H21N3/c1-18-13-12-17-15(18)9-11-16-10-5-8-14-6-3-2-4-7-14/h2-4,6-7,12-13,16H,5,8-11H2,1H3. The maximum atomic E-state index is 4.30. The molecule has 0 aliphatic rings. The van der Waals surface area contributed by atoms with Gasteiger partial charge in [0.05, 0.1) is 0 Å². The van der Waals surface area contributed by atoms with E-state index in [0.29, 0.717) is 0 Å². The van der Waals surface area contributed by atoms with E-state index in [1.165, 1.54) is 12.0 Å². The van der Waals surface area contributed by atoms with Gasteiger partial charge in [-0.25, -0.2) is 4.98 Å². The lowest BCUT2D eigenvalue weighted by atomic mass is 10.1. The third-order valence-corrected chi connectivity index (χ3v) is 3.11. The monoisotopic (exact) mass is 243 g/mol. The highest BCUT2D eigenvalue weighted by atomic mass is 15.0. The van der Waals surface area contributed by atoms with Gasteiger partial charge in [0.25, 0.3) is 0 Å². The van der Waals surface area contributed by atoms with Crippen molar-refractivity contribution in [3.8, 4) is 0 Å². The normalized spacial score (nSPS) is 10.7. The van der Waals surface area contributed by atoms with E-state index >= 15 is 0 Å². The highest BCUT2D eigenvalue weighted by Gasteiger charge is 1.98. The maximum Gasteiger partial charge on any atom is 0.109 e. The average molecular weight is 243 g/mol. The van der Waals surface area contributed by atoms with Gasteiger partial charge in [0.15, 0.2) is 0 Å². The fourth-order valence-corrected chi connectivity index (χ4v) is 2.02. The molecule has 2 rings (SSSR count). The summed E-state index contributed by atoms with van der Waals surface area (Å²) in [5.41, 5.74) is 1.42. The molecule has 0 bridgehead atoms. The third kappa shape index (κ3) is 4.00. The van der Waals surface area contributed by atoms with Crippen molar-refractivity contribution < 1.29 is 0 Å². The molecule has 0 aliphatic heterocycles. The minimum Gasteiger partial charge on any atom is -0.338 e. The number of hydrogen-bond acceptors (Lipinski definition) is 2. The Morgan fingerprint density at radius 1 is 1.11 bits per heavy atom. The van der Waals surface area contributed by atoms with Gasteiger partial charge in [0.1, 0.15) is 5.82 Å². The van der Waals surface area contributed by atoms with Crippen molar-refractivity contribution in [2.75, 3.05) is 13.1 Å². The Bertz CT molecular complexity index is 448. The first-order chi connectivity index (χ1) is 8.86. The second kappa shape index (κ2) is 6.97. The number of nitrogens with zero attached hydrogens (tertiary/aromatic N) is 2. The maximum absolute atomic E-state index is 4.30. The van der Waals surface area contributed by atoms with Gasteiger partial charge in [-0.2, -0.15) is 0 Å². The fraction of sp³-hybridized carbons (Fsp3) is 0.400. The predicted octanol–water partition coefficient (Wildman–Crippen LogP) is 2.18. The van der Waals surface area contributed by atoms with Gasteiger partial charge in [0.2, 0.25) is 0 Å². The minimum absolute atomic E-state index is 0.995. The Morgan fingerprint density at radius 3 is 2.67 bits per heavy atom. The fourth-order valence-electron chi connectivity index (χ4n) is 2.02. The summed E-state index contributed by atoms with van der Waals surface area (Å²) in [4.78, 5) is 4.30. The second-order valence-corrected chi connectivity index (χ2v) is 4.54. The van der Waals surface area contributed by atoms with Gasteiger partial charge in [-0.3, -0.25) is 0 Å². The molecule has 1 N–H and O–H groups in total. The zero-order valence-electron chi connectivity index (χ0n) is 11.0. The molecule has 96 valence electrons. The van der Waals surface area contributed by atoms with Crippen LogP contribution in [-0.4, -0.2) is 22.6 Å². The molecule has 0 saturated carbocycles. The van der Waals surface area contributed by atoms with Crippen molar-refractivity contribution in [2.45, 2.75) is 19.3 Å². The van der Waals surface area contributed by atoms with Gasteiger partial charge < -0.3 is 9.88 Å². The molecule has 0 radical (unpaired) electrons. The molecule has 0 atom stereocenters. The van der Waals surface area contributed by atoms with Crippen LogP contribution >= 0.6 is 0 Å². The topological polar surface area (TPSA) is 29.9 Å². The quantitative estimate of drug-likeness (QED) is 0.755. The van der Waals surface area contributed by atoms with E-state index in [1.54, 1.807) is 0 Å². The molecule has 3 heteroatoms. The van der Waals surface area contributed by atoms with Crippen molar-refractivity contribution >= 4 is 0 Å². The molecule has 0 amide bonds. The Hall–Kier alpha value is -1.61. The molecule has 0 aliphatic carbocycles. The first kappa shape index (κ1) is 12.8. The summed E-state index contributed by atoms with van der Waals surface area (Å²) >= 11 is 0. The van der Waals surface area contributed by atoms with Crippen LogP contribution in [0.4, 0.5) is 0 Å². The van der Waals surface area contributed by atoms with E-state index in [0.717, 1.165) is 31.8 Å². The van der Waals surface area contributed by atoms with E-state index in [-0.39, 0.29) is 0 Å². The molecule has 0 spiro atoms. The lowest BCUT2D eigenvalue weighted by Crippen LogP contribution is -2.20.